The van der Waals surface area contributed by atoms with Gasteiger partial charge in [0.1, 0.15) is 5.78 Å². The first-order chi connectivity index (χ1) is 16.2. The Bertz CT molecular complexity index is 955. The van der Waals surface area contributed by atoms with Crippen molar-refractivity contribution in [2.24, 2.45) is 40.4 Å². The molecule has 0 amide bonds. The summed E-state index contributed by atoms with van der Waals surface area (Å²) in [7, 11) is -3.21. The van der Waals surface area contributed by atoms with Crippen molar-refractivity contribution in [3.63, 3.8) is 0 Å². The molecule has 1 aromatic rings. The van der Waals surface area contributed by atoms with Gasteiger partial charge in [-0.05, 0) is 104 Å². The number of fused-ring (bicyclic) bond motifs is 5. The van der Waals surface area contributed by atoms with Gasteiger partial charge >= 0.3 is 0 Å². The van der Waals surface area contributed by atoms with E-state index in [1.54, 1.807) is 12.1 Å². The Morgan fingerprint density at radius 2 is 1.59 bits per heavy atom. The molecule has 5 rings (SSSR count). The number of carbonyl (C=O) groups excluding carboxylic acids is 1. The Kier molecular flexibility index (Phi) is 7.68. The SMILES string of the molecule is CC.CC12CCC3C(CCC4CC(=O)CCC43C)C1CCCC2CCS(=O)(=O)c1ccccc1. The molecule has 1 aromatic carbocycles. The third-order valence-electron chi connectivity index (χ3n) is 10.8. The molecule has 0 aliphatic heterocycles. The third-order valence-corrected chi connectivity index (χ3v) is 12.5. The van der Waals surface area contributed by atoms with Gasteiger partial charge in [0.15, 0.2) is 9.84 Å². The molecule has 4 fully saturated rings. The minimum absolute atomic E-state index is 0.277. The molecule has 3 nitrogen and oxygen atoms in total. The average molecular weight is 487 g/mol. The van der Waals surface area contributed by atoms with E-state index in [1.807, 2.05) is 32.0 Å². The van der Waals surface area contributed by atoms with Crippen LogP contribution < -0.4 is 0 Å². The Morgan fingerprint density at radius 1 is 0.882 bits per heavy atom. The van der Waals surface area contributed by atoms with Gasteiger partial charge in [-0.1, -0.05) is 52.3 Å². The lowest BCUT2D eigenvalue weighted by Gasteiger charge is -2.63. The molecule has 34 heavy (non-hydrogen) atoms. The highest BCUT2D eigenvalue weighted by Crippen LogP contribution is 2.66. The van der Waals surface area contributed by atoms with Crippen LogP contribution >= 0.6 is 0 Å². The summed E-state index contributed by atoms with van der Waals surface area (Å²) in [6, 6.07) is 8.99. The van der Waals surface area contributed by atoms with Crippen LogP contribution in [0.1, 0.15) is 98.3 Å². The molecule has 0 heterocycles. The zero-order chi connectivity index (χ0) is 24.6. The average Bonchev–Trinajstić information content (AvgIpc) is 2.84. The second-order valence-corrected chi connectivity index (χ2v) is 14.1. The third kappa shape index (κ3) is 4.53. The van der Waals surface area contributed by atoms with Gasteiger partial charge in [-0.3, -0.25) is 4.79 Å². The van der Waals surface area contributed by atoms with Gasteiger partial charge in [-0.2, -0.15) is 0 Å². The predicted molar refractivity (Wildman–Crippen MR) is 139 cm³/mol. The highest BCUT2D eigenvalue weighted by Gasteiger charge is 2.58. The van der Waals surface area contributed by atoms with Crippen LogP contribution in [0.5, 0.6) is 0 Å². The zero-order valence-electron chi connectivity index (χ0n) is 21.9. The fourth-order valence-electron chi connectivity index (χ4n) is 8.87. The summed E-state index contributed by atoms with van der Waals surface area (Å²) in [5.41, 5.74) is 0.626. The molecule has 0 N–H and O–H groups in total. The lowest BCUT2D eigenvalue weighted by Crippen LogP contribution is -2.56. The molecule has 0 radical (unpaired) electrons. The molecule has 190 valence electrons. The van der Waals surface area contributed by atoms with Gasteiger partial charge < -0.3 is 0 Å². The van der Waals surface area contributed by atoms with Crippen molar-refractivity contribution in [2.75, 3.05) is 5.75 Å². The molecule has 4 saturated carbocycles. The van der Waals surface area contributed by atoms with Crippen molar-refractivity contribution < 1.29 is 13.2 Å². The first-order valence-corrected chi connectivity index (χ1v) is 15.7. The van der Waals surface area contributed by atoms with Crippen LogP contribution in [0.15, 0.2) is 35.2 Å². The molecular weight excluding hydrogens is 440 g/mol. The quantitative estimate of drug-likeness (QED) is 0.443. The highest BCUT2D eigenvalue weighted by atomic mass is 32.2. The van der Waals surface area contributed by atoms with Crippen molar-refractivity contribution in [3.8, 4) is 0 Å². The van der Waals surface area contributed by atoms with Crippen LogP contribution in [-0.4, -0.2) is 20.0 Å². The van der Waals surface area contributed by atoms with Crippen molar-refractivity contribution >= 4 is 15.6 Å². The lowest BCUT2D eigenvalue weighted by molar-refractivity contribution is -0.151. The summed E-state index contributed by atoms with van der Waals surface area (Å²) in [6.45, 7) is 9.02. The van der Waals surface area contributed by atoms with E-state index in [2.05, 4.69) is 13.8 Å². The molecule has 0 aromatic heterocycles. The van der Waals surface area contributed by atoms with Gasteiger partial charge in [0, 0.05) is 12.8 Å². The predicted octanol–water partition coefficient (Wildman–Crippen LogP) is 7.49. The highest BCUT2D eigenvalue weighted by molar-refractivity contribution is 7.91. The molecule has 0 bridgehead atoms. The number of hydrogen-bond donors (Lipinski definition) is 0. The summed E-state index contributed by atoms with van der Waals surface area (Å²) in [5.74, 6) is 4.15. The van der Waals surface area contributed by atoms with Gasteiger partial charge in [0.2, 0.25) is 0 Å². The van der Waals surface area contributed by atoms with E-state index in [0.29, 0.717) is 27.9 Å². The smallest absolute Gasteiger partial charge is 0.178 e. The molecular formula is C30H46O3S. The number of sulfone groups is 1. The van der Waals surface area contributed by atoms with Crippen LogP contribution in [0.4, 0.5) is 0 Å². The first kappa shape index (κ1) is 25.9. The van der Waals surface area contributed by atoms with Crippen molar-refractivity contribution in [3.05, 3.63) is 30.3 Å². The van der Waals surface area contributed by atoms with Crippen LogP contribution in [0.25, 0.3) is 0 Å². The maximum absolute atomic E-state index is 13.0. The van der Waals surface area contributed by atoms with Crippen molar-refractivity contribution in [1.82, 2.24) is 0 Å². The second kappa shape index (κ2) is 10.1. The number of rotatable bonds is 4. The van der Waals surface area contributed by atoms with E-state index in [1.165, 1.54) is 44.9 Å². The Balaban J connectivity index is 0.00000133. The Labute approximate surface area is 208 Å². The van der Waals surface area contributed by atoms with E-state index in [0.717, 1.165) is 43.4 Å². The Hall–Kier alpha value is -1.16. The maximum Gasteiger partial charge on any atom is 0.178 e. The molecule has 7 atom stereocenters. The van der Waals surface area contributed by atoms with Crippen LogP contribution in [-0.2, 0) is 14.6 Å². The lowest BCUT2D eigenvalue weighted by atomic mass is 9.41. The molecule has 4 aliphatic rings. The van der Waals surface area contributed by atoms with Gasteiger partial charge in [0.05, 0.1) is 10.6 Å². The standard InChI is InChI=1S/C28H40O3S.C2H6/c1-27-17-14-26-24(12-11-21-19-22(29)13-16-28(21,26)2)25(27)10-6-7-20(27)15-18-32(30,31)23-8-4-3-5-9-23;1-2/h3-5,8-9,20-21,24-26H,6-7,10-19H2,1-2H3;1-2H3. The monoisotopic (exact) mass is 486 g/mol. The number of ketones is 1. The fourth-order valence-corrected chi connectivity index (χ4v) is 10.3. The van der Waals surface area contributed by atoms with E-state index in [-0.39, 0.29) is 11.2 Å². The topological polar surface area (TPSA) is 51.2 Å². The second-order valence-electron chi connectivity index (χ2n) is 12.0. The molecule has 4 aliphatic carbocycles. The number of hydrogen-bond acceptors (Lipinski definition) is 3. The van der Waals surface area contributed by atoms with Gasteiger partial charge in [0.25, 0.3) is 0 Å². The summed E-state index contributed by atoms with van der Waals surface area (Å²) < 4.78 is 25.9. The minimum atomic E-state index is -3.21. The van der Waals surface area contributed by atoms with Crippen molar-refractivity contribution in [1.29, 1.82) is 0 Å². The zero-order valence-corrected chi connectivity index (χ0v) is 22.7. The summed E-state index contributed by atoms with van der Waals surface area (Å²) >= 11 is 0. The van der Waals surface area contributed by atoms with E-state index < -0.39 is 9.84 Å². The number of Topliss-reactive ketones (excluding diaryl/α,β-unsaturated/α-hetero) is 1. The summed E-state index contributed by atoms with van der Waals surface area (Å²) in [6.07, 6.45) is 12.3. The maximum atomic E-state index is 13.0. The largest absolute Gasteiger partial charge is 0.300 e. The molecule has 0 spiro atoms. The summed E-state index contributed by atoms with van der Waals surface area (Å²) in [4.78, 5) is 12.6. The number of carbonyl (C=O) groups is 1. The van der Waals surface area contributed by atoms with Gasteiger partial charge in [-0.25, -0.2) is 8.42 Å². The van der Waals surface area contributed by atoms with E-state index in [4.69, 9.17) is 0 Å². The Morgan fingerprint density at radius 3 is 2.32 bits per heavy atom. The summed E-state index contributed by atoms with van der Waals surface area (Å²) in [5, 5.41) is 0. The van der Waals surface area contributed by atoms with Crippen LogP contribution in [0, 0.1) is 40.4 Å². The van der Waals surface area contributed by atoms with Crippen molar-refractivity contribution in [2.45, 2.75) is 103 Å². The van der Waals surface area contributed by atoms with Gasteiger partial charge in [-0.15, -0.1) is 0 Å². The minimum Gasteiger partial charge on any atom is -0.300 e. The molecule has 7 unspecified atom stereocenters. The normalized spacial score (nSPS) is 39.6. The molecule has 4 heteroatoms. The first-order valence-electron chi connectivity index (χ1n) is 14.0. The van der Waals surface area contributed by atoms with E-state index in [9.17, 15) is 13.2 Å². The molecule has 0 saturated heterocycles. The fraction of sp³-hybridized carbons (Fsp3) is 0.767. The number of benzene rings is 1. The van der Waals surface area contributed by atoms with Crippen LogP contribution in [0.2, 0.25) is 0 Å². The van der Waals surface area contributed by atoms with E-state index >= 15 is 0 Å². The van der Waals surface area contributed by atoms with Crippen LogP contribution in [0.3, 0.4) is 0 Å².